The number of rotatable bonds is 5. The van der Waals surface area contributed by atoms with E-state index in [2.05, 4.69) is 58.2 Å². The quantitative estimate of drug-likeness (QED) is 0.526. The van der Waals surface area contributed by atoms with Crippen LogP contribution in [0.1, 0.15) is 23.6 Å². The molecule has 2 heterocycles. The number of carbonyl (C=O) groups excluding carboxylic acids is 1. The Bertz CT molecular complexity index is 1140. The first kappa shape index (κ1) is 18.0. The summed E-state index contributed by atoms with van der Waals surface area (Å²) < 4.78 is 2.27. The second kappa shape index (κ2) is 7.35. The molecule has 0 bridgehead atoms. The molecule has 0 unspecified atom stereocenters. The van der Waals surface area contributed by atoms with Crippen LogP contribution in [0.5, 0.6) is 0 Å². The van der Waals surface area contributed by atoms with Gasteiger partial charge in [-0.2, -0.15) is 5.10 Å². The van der Waals surface area contributed by atoms with Gasteiger partial charge in [0.1, 0.15) is 0 Å². The fourth-order valence-electron chi connectivity index (χ4n) is 3.74. The van der Waals surface area contributed by atoms with E-state index < -0.39 is 0 Å². The average molecular weight is 372 g/mol. The van der Waals surface area contributed by atoms with Gasteiger partial charge in [0.25, 0.3) is 0 Å². The lowest BCUT2D eigenvalue weighted by atomic mass is 10.1. The summed E-state index contributed by atoms with van der Waals surface area (Å²) in [6.45, 7) is 7.15. The Morgan fingerprint density at radius 1 is 1.11 bits per heavy atom. The number of para-hydroxylation sites is 1. The molecule has 0 spiro atoms. The Balaban J connectivity index is 1.58. The van der Waals surface area contributed by atoms with Gasteiger partial charge >= 0.3 is 0 Å². The molecule has 4 rings (SSSR count). The molecule has 4 aromatic rings. The van der Waals surface area contributed by atoms with Gasteiger partial charge in [-0.05, 0) is 38.0 Å². The van der Waals surface area contributed by atoms with Gasteiger partial charge in [0.05, 0.1) is 17.8 Å². The highest BCUT2D eigenvalue weighted by atomic mass is 16.1. The number of nitrogens with zero attached hydrogens (tertiary/aromatic N) is 2. The van der Waals surface area contributed by atoms with Gasteiger partial charge < -0.3 is 9.88 Å². The van der Waals surface area contributed by atoms with Crippen LogP contribution in [0.3, 0.4) is 0 Å². The molecule has 0 atom stereocenters. The molecule has 0 aliphatic rings. The Kier molecular flexibility index (Phi) is 4.74. The molecule has 0 aliphatic carbocycles. The van der Waals surface area contributed by atoms with Gasteiger partial charge in [0.2, 0.25) is 5.91 Å². The summed E-state index contributed by atoms with van der Waals surface area (Å²) in [5, 5.41) is 11.5. The van der Waals surface area contributed by atoms with Crippen molar-refractivity contribution >= 4 is 22.6 Å². The number of hydrogen-bond acceptors (Lipinski definition) is 2. The third-order valence-electron chi connectivity index (χ3n) is 5.13. The molecule has 2 aromatic heterocycles. The van der Waals surface area contributed by atoms with E-state index in [4.69, 9.17) is 0 Å². The van der Waals surface area contributed by atoms with E-state index in [1.807, 2.05) is 37.3 Å². The van der Waals surface area contributed by atoms with E-state index in [0.717, 1.165) is 23.5 Å². The third kappa shape index (κ3) is 3.31. The Morgan fingerprint density at radius 2 is 1.86 bits per heavy atom. The first-order valence-electron chi connectivity index (χ1n) is 9.56. The molecule has 2 aromatic carbocycles. The predicted octanol–water partition coefficient (Wildman–Crippen LogP) is 4.85. The molecular weight excluding hydrogens is 348 g/mol. The maximum atomic E-state index is 12.4. The number of aryl methyl sites for hydroxylation is 3. The van der Waals surface area contributed by atoms with Gasteiger partial charge in [-0.15, -0.1) is 0 Å². The Labute approximate surface area is 164 Å². The number of amides is 1. The highest BCUT2D eigenvalue weighted by Crippen LogP contribution is 2.33. The SMILES string of the molecule is CCn1c(-c2cc(NC(=O)Cc3ccc(C)cc3)n[nH]2)c(C)c2ccccc21. The average Bonchev–Trinajstić information content (AvgIpc) is 3.25. The lowest BCUT2D eigenvalue weighted by Gasteiger charge is -2.06. The molecule has 0 aliphatic heterocycles. The van der Waals surface area contributed by atoms with Crippen molar-refractivity contribution in [2.45, 2.75) is 33.7 Å². The summed E-state index contributed by atoms with van der Waals surface area (Å²) in [7, 11) is 0. The zero-order valence-electron chi connectivity index (χ0n) is 16.4. The topological polar surface area (TPSA) is 62.7 Å². The minimum absolute atomic E-state index is 0.0744. The monoisotopic (exact) mass is 372 g/mol. The molecule has 0 fully saturated rings. The largest absolute Gasteiger partial charge is 0.339 e. The number of benzene rings is 2. The van der Waals surface area contributed by atoms with Crippen molar-refractivity contribution < 1.29 is 4.79 Å². The van der Waals surface area contributed by atoms with E-state index in [-0.39, 0.29) is 5.91 Å². The molecule has 1 amide bonds. The Morgan fingerprint density at radius 3 is 2.61 bits per heavy atom. The van der Waals surface area contributed by atoms with E-state index in [1.165, 1.54) is 22.0 Å². The molecular formula is C23H24N4O. The second-order valence-electron chi connectivity index (χ2n) is 7.11. The highest BCUT2D eigenvalue weighted by molar-refractivity contribution is 5.93. The first-order valence-corrected chi connectivity index (χ1v) is 9.56. The number of nitrogens with one attached hydrogen (secondary N) is 2. The zero-order valence-corrected chi connectivity index (χ0v) is 16.4. The molecule has 0 radical (unpaired) electrons. The fourth-order valence-corrected chi connectivity index (χ4v) is 3.74. The van der Waals surface area contributed by atoms with Gasteiger partial charge in [-0.25, -0.2) is 0 Å². The number of aromatic nitrogens is 3. The molecule has 142 valence electrons. The van der Waals surface area contributed by atoms with Gasteiger partial charge in [-0.3, -0.25) is 9.89 Å². The summed E-state index contributed by atoms with van der Waals surface area (Å²) in [4.78, 5) is 12.4. The van der Waals surface area contributed by atoms with Crippen molar-refractivity contribution in [1.82, 2.24) is 14.8 Å². The van der Waals surface area contributed by atoms with Crippen LogP contribution in [0.15, 0.2) is 54.6 Å². The Hall–Kier alpha value is -3.34. The molecule has 0 saturated heterocycles. The van der Waals surface area contributed by atoms with E-state index >= 15 is 0 Å². The summed E-state index contributed by atoms with van der Waals surface area (Å²) in [6.07, 6.45) is 0.330. The van der Waals surface area contributed by atoms with Gasteiger partial charge in [-0.1, -0.05) is 48.0 Å². The highest BCUT2D eigenvalue weighted by Gasteiger charge is 2.17. The van der Waals surface area contributed by atoms with Crippen LogP contribution in [0.2, 0.25) is 0 Å². The summed E-state index contributed by atoms with van der Waals surface area (Å²) in [6, 6.07) is 18.3. The number of H-pyrrole nitrogens is 1. The van der Waals surface area contributed by atoms with E-state index in [1.54, 1.807) is 0 Å². The number of aromatic amines is 1. The van der Waals surface area contributed by atoms with Crippen molar-refractivity contribution in [3.8, 4) is 11.4 Å². The molecule has 2 N–H and O–H groups in total. The van der Waals surface area contributed by atoms with Crippen LogP contribution in [0, 0.1) is 13.8 Å². The second-order valence-corrected chi connectivity index (χ2v) is 7.11. The number of carbonyl (C=O) groups is 1. The molecule has 5 nitrogen and oxygen atoms in total. The minimum Gasteiger partial charge on any atom is -0.339 e. The number of hydrogen-bond donors (Lipinski definition) is 2. The zero-order chi connectivity index (χ0) is 19.7. The van der Waals surface area contributed by atoms with Crippen molar-refractivity contribution in [2.75, 3.05) is 5.32 Å². The van der Waals surface area contributed by atoms with Crippen molar-refractivity contribution in [3.63, 3.8) is 0 Å². The van der Waals surface area contributed by atoms with Crippen LogP contribution in [0.25, 0.3) is 22.3 Å². The van der Waals surface area contributed by atoms with Gasteiger partial charge in [0.15, 0.2) is 5.82 Å². The maximum absolute atomic E-state index is 12.4. The standard InChI is InChI=1S/C23H24N4O/c1-4-27-20-8-6-5-7-18(20)16(3)23(27)19-14-21(26-25-19)24-22(28)13-17-11-9-15(2)10-12-17/h5-12,14H,4,13H2,1-3H3,(H2,24,25,26,28). The van der Waals surface area contributed by atoms with Crippen molar-refractivity contribution in [2.24, 2.45) is 0 Å². The van der Waals surface area contributed by atoms with Crippen LogP contribution in [0.4, 0.5) is 5.82 Å². The summed E-state index contributed by atoms with van der Waals surface area (Å²) >= 11 is 0. The van der Waals surface area contributed by atoms with E-state index in [9.17, 15) is 4.79 Å². The predicted molar refractivity (Wildman–Crippen MR) is 113 cm³/mol. The van der Waals surface area contributed by atoms with Crippen LogP contribution < -0.4 is 5.32 Å². The van der Waals surface area contributed by atoms with Crippen LogP contribution >= 0.6 is 0 Å². The third-order valence-corrected chi connectivity index (χ3v) is 5.13. The summed E-state index contributed by atoms with van der Waals surface area (Å²) in [5.41, 5.74) is 6.59. The van der Waals surface area contributed by atoms with Gasteiger partial charge in [0, 0.05) is 23.5 Å². The normalized spacial score (nSPS) is 11.1. The minimum atomic E-state index is -0.0744. The number of fused-ring (bicyclic) bond motifs is 1. The van der Waals surface area contributed by atoms with Crippen LogP contribution in [-0.2, 0) is 17.8 Å². The lowest BCUT2D eigenvalue weighted by Crippen LogP contribution is -2.14. The van der Waals surface area contributed by atoms with E-state index in [0.29, 0.717) is 12.2 Å². The van der Waals surface area contributed by atoms with Crippen molar-refractivity contribution in [3.05, 3.63) is 71.3 Å². The van der Waals surface area contributed by atoms with Crippen molar-refractivity contribution in [1.29, 1.82) is 0 Å². The molecule has 0 saturated carbocycles. The summed E-state index contributed by atoms with van der Waals surface area (Å²) in [5.74, 6) is 0.467. The number of anilines is 1. The maximum Gasteiger partial charge on any atom is 0.229 e. The lowest BCUT2D eigenvalue weighted by molar-refractivity contribution is -0.115. The molecule has 28 heavy (non-hydrogen) atoms. The smallest absolute Gasteiger partial charge is 0.229 e. The fraction of sp³-hybridized carbons (Fsp3) is 0.217. The molecule has 5 heteroatoms. The van der Waals surface area contributed by atoms with Crippen LogP contribution in [-0.4, -0.2) is 20.7 Å². The first-order chi connectivity index (χ1) is 13.6.